The molecule has 3 rings (SSSR count). The number of piperidine rings is 2. The molecule has 1 aromatic rings. The Morgan fingerprint density at radius 3 is 2.82 bits per heavy atom. The summed E-state index contributed by atoms with van der Waals surface area (Å²) >= 11 is 0. The number of esters is 1. The lowest BCUT2D eigenvalue weighted by Gasteiger charge is -2.44. The van der Waals surface area contributed by atoms with Crippen LogP contribution in [0.5, 0.6) is 0 Å². The van der Waals surface area contributed by atoms with Crippen molar-refractivity contribution in [3.05, 3.63) is 34.9 Å². The number of hydrogen-bond donors (Lipinski definition) is 0. The lowest BCUT2D eigenvalue weighted by Crippen LogP contribution is -2.49. The molecule has 2 saturated heterocycles. The minimum atomic E-state index is -0.162. The highest BCUT2D eigenvalue weighted by atomic mass is 16.5. The van der Waals surface area contributed by atoms with Gasteiger partial charge in [0.15, 0.2) is 0 Å². The molecule has 22 heavy (non-hydrogen) atoms. The molecule has 2 unspecified atom stereocenters. The maximum absolute atomic E-state index is 12.3. The largest absolute Gasteiger partial charge is 0.462 e. The lowest BCUT2D eigenvalue weighted by molar-refractivity contribution is 0.00734. The Kier molecular flexibility index (Phi) is 4.82. The summed E-state index contributed by atoms with van der Waals surface area (Å²) in [5.74, 6) is 0.356. The van der Waals surface area contributed by atoms with Crippen molar-refractivity contribution < 1.29 is 9.53 Å². The second-order valence-corrected chi connectivity index (χ2v) is 6.92. The Labute approximate surface area is 133 Å². The summed E-state index contributed by atoms with van der Waals surface area (Å²) in [6.45, 7) is 7.06. The minimum Gasteiger partial charge on any atom is -0.462 e. The highest BCUT2D eigenvalue weighted by Crippen LogP contribution is 2.31. The first-order chi connectivity index (χ1) is 10.6. The maximum Gasteiger partial charge on any atom is 0.338 e. The van der Waals surface area contributed by atoms with Crippen LogP contribution < -0.4 is 0 Å². The van der Waals surface area contributed by atoms with E-state index in [0.29, 0.717) is 24.1 Å². The van der Waals surface area contributed by atoms with Crippen LogP contribution in [0.1, 0.15) is 53.6 Å². The monoisotopic (exact) mass is 301 g/mol. The fourth-order valence-corrected chi connectivity index (χ4v) is 4.07. The summed E-state index contributed by atoms with van der Waals surface area (Å²) < 4.78 is 5.67. The molecular formula is C19H27NO2. The SMILES string of the molecule is Cc1ccc(C(=O)OCC2CCCN3CCCCC23)c(C)c1. The first kappa shape index (κ1) is 15.5. The van der Waals surface area contributed by atoms with Crippen LogP contribution in [0.4, 0.5) is 0 Å². The van der Waals surface area contributed by atoms with Crippen LogP contribution in [0.25, 0.3) is 0 Å². The summed E-state index contributed by atoms with van der Waals surface area (Å²) in [5.41, 5.74) is 2.90. The van der Waals surface area contributed by atoms with Gasteiger partial charge in [0.25, 0.3) is 0 Å². The molecule has 0 amide bonds. The van der Waals surface area contributed by atoms with E-state index in [4.69, 9.17) is 4.74 Å². The zero-order valence-electron chi connectivity index (χ0n) is 13.8. The number of hydrogen-bond acceptors (Lipinski definition) is 3. The van der Waals surface area contributed by atoms with Gasteiger partial charge in [-0.05, 0) is 64.3 Å². The van der Waals surface area contributed by atoms with Gasteiger partial charge in [-0.2, -0.15) is 0 Å². The van der Waals surface area contributed by atoms with Gasteiger partial charge in [-0.25, -0.2) is 4.79 Å². The van der Waals surface area contributed by atoms with E-state index in [1.807, 2.05) is 32.0 Å². The van der Waals surface area contributed by atoms with Gasteiger partial charge in [-0.1, -0.05) is 24.1 Å². The van der Waals surface area contributed by atoms with Gasteiger partial charge in [0.05, 0.1) is 12.2 Å². The molecule has 2 aliphatic heterocycles. The number of aryl methyl sites for hydroxylation is 2. The molecule has 2 fully saturated rings. The van der Waals surface area contributed by atoms with Gasteiger partial charge in [0.1, 0.15) is 0 Å². The normalized spacial score (nSPS) is 25.5. The van der Waals surface area contributed by atoms with Crippen molar-refractivity contribution in [2.45, 2.75) is 52.0 Å². The molecule has 0 bridgehead atoms. The van der Waals surface area contributed by atoms with Crippen LogP contribution in [-0.2, 0) is 4.74 Å². The van der Waals surface area contributed by atoms with Gasteiger partial charge < -0.3 is 4.74 Å². The number of carbonyl (C=O) groups excluding carboxylic acids is 1. The van der Waals surface area contributed by atoms with Crippen LogP contribution in [0.2, 0.25) is 0 Å². The van der Waals surface area contributed by atoms with E-state index in [1.54, 1.807) is 0 Å². The molecule has 1 aromatic carbocycles. The van der Waals surface area contributed by atoms with Crippen molar-refractivity contribution >= 4 is 5.97 Å². The predicted molar refractivity (Wildman–Crippen MR) is 88.1 cm³/mol. The van der Waals surface area contributed by atoms with Crippen LogP contribution in [0.15, 0.2) is 18.2 Å². The quantitative estimate of drug-likeness (QED) is 0.797. The van der Waals surface area contributed by atoms with Crippen molar-refractivity contribution in [3.8, 4) is 0 Å². The molecule has 0 spiro atoms. The number of fused-ring (bicyclic) bond motifs is 1. The Morgan fingerprint density at radius 2 is 2.00 bits per heavy atom. The average molecular weight is 301 g/mol. The molecule has 0 aromatic heterocycles. The number of carbonyl (C=O) groups is 1. The van der Waals surface area contributed by atoms with Crippen molar-refractivity contribution in [2.24, 2.45) is 5.92 Å². The number of nitrogens with zero attached hydrogens (tertiary/aromatic N) is 1. The number of ether oxygens (including phenoxy) is 1. The van der Waals surface area contributed by atoms with Gasteiger partial charge in [0, 0.05) is 12.0 Å². The second-order valence-electron chi connectivity index (χ2n) is 6.92. The zero-order chi connectivity index (χ0) is 15.5. The third-order valence-electron chi connectivity index (χ3n) is 5.26. The first-order valence-corrected chi connectivity index (χ1v) is 8.63. The highest BCUT2D eigenvalue weighted by Gasteiger charge is 2.33. The number of rotatable bonds is 3. The molecule has 2 aliphatic rings. The Morgan fingerprint density at radius 1 is 1.18 bits per heavy atom. The van der Waals surface area contributed by atoms with Crippen molar-refractivity contribution in [2.75, 3.05) is 19.7 Å². The maximum atomic E-state index is 12.3. The first-order valence-electron chi connectivity index (χ1n) is 8.63. The van der Waals surface area contributed by atoms with Crippen LogP contribution in [0.3, 0.4) is 0 Å². The smallest absolute Gasteiger partial charge is 0.338 e. The number of benzene rings is 1. The molecule has 0 saturated carbocycles. The Balaban J connectivity index is 1.60. The van der Waals surface area contributed by atoms with E-state index < -0.39 is 0 Å². The molecule has 2 heterocycles. The van der Waals surface area contributed by atoms with Crippen LogP contribution in [-0.4, -0.2) is 36.6 Å². The van der Waals surface area contributed by atoms with E-state index in [9.17, 15) is 4.79 Å². The van der Waals surface area contributed by atoms with Gasteiger partial charge in [-0.3, -0.25) is 4.90 Å². The summed E-state index contributed by atoms with van der Waals surface area (Å²) in [6.07, 6.45) is 6.35. The molecule has 2 atom stereocenters. The third kappa shape index (κ3) is 3.35. The van der Waals surface area contributed by atoms with Gasteiger partial charge >= 0.3 is 5.97 Å². The van der Waals surface area contributed by atoms with E-state index in [0.717, 1.165) is 5.56 Å². The minimum absolute atomic E-state index is 0.162. The molecular weight excluding hydrogens is 274 g/mol. The molecule has 0 radical (unpaired) electrons. The fourth-order valence-electron chi connectivity index (χ4n) is 4.07. The van der Waals surface area contributed by atoms with Crippen molar-refractivity contribution in [1.29, 1.82) is 0 Å². The van der Waals surface area contributed by atoms with Crippen molar-refractivity contribution in [1.82, 2.24) is 4.90 Å². The van der Waals surface area contributed by atoms with E-state index in [2.05, 4.69) is 4.90 Å². The van der Waals surface area contributed by atoms with Crippen LogP contribution in [0, 0.1) is 19.8 Å². The molecule has 120 valence electrons. The summed E-state index contributed by atoms with van der Waals surface area (Å²) in [5, 5.41) is 0. The molecule has 3 heteroatoms. The van der Waals surface area contributed by atoms with Crippen LogP contribution >= 0.6 is 0 Å². The fraction of sp³-hybridized carbons (Fsp3) is 0.632. The lowest BCUT2D eigenvalue weighted by atomic mass is 9.84. The zero-order valence-corrected chi connectivity index (χ0v) is 13.8. The molecule has 3 nitrogen and oxygen atoms in total. The van der Waals surface area contributed by atoms with Crippen molar-refractivity contribution in [3.63, 3.8) is 0 Å². The molecule has 0 aliphatic carbocycles. The standard InChI is InChI=1S/C19H27NO2/c1-14-8-9-17(15(2)12-14)19(21)22-13-16-6-5-11-20-10-4-3-7-18(16)20/h8-9,12,16,18H,3-7,10-11,13H2,1-2H3. The summed E-state index contributed by atoms with van der Waals surface area (Å²) in [7, 11) is 0. The summed E-state index contributed by atoms with van der Waals surface area (Å²) in [6, 6.07) is 6.54. The predicted octanol–water partition coefficient (Wildman–Crippen LogP) is 3.72. The highest BCUT2D eigenvalue weighted by molar-refractivity contribution is 5.91. The van der Waals surface area contributed by atoms with E-state index in [-0.39, 0.29) is 5.97 Å². The Hall–Kier alpha value is -1.35. The Bertz CT molecular complexity index is 538. The van der Waals surface area contributed by atoms with E-state index >= 15 is 0 Å². The van der Waals surface area contributed by atoms with Gasteiger partial charge in [-0.15, -0.1) is 0 Å². The molecule has 0 N–H and O–H groups in total. The topological polar surface area (TPSA) is 29.5 Å². The third-order valence-corrected chi connectivity index (χ3v) is 5.26. The average Bonchev–Trinajstić information content (AvgIpc) is 2.52. The van der Waals surface area contributed by atoms with E-state index in [1.165, 1.54) is 50.8 Å². The second kappa shape index (κ2) is 6.82. The summed E-state index contributed by atoms with van der Waals surface area (Å²) in [4.78, 5) is 15.0. The van der Waals surface area contributed by atoms with Gasteiger partial charge in [0.2, 0.25) is 0 Å².